The first-order valence-corrected chi connectivity index (χ1v) is 10.4. The van der Waals surface area contributed by atoms with Crippen molar-refractivity contribution in [1.82, 2.24) is 20.1 Å². The lowest BCUT2D eigenvalue weighted by Crippen LogP contribution is -2.33. The third-order valence-electron chi connectivity index (χ3n) is 4.71. The molecule has 2 amide bonds. The molecule has 0 aliphatic rings. The SMILES string of the molecule is C#Cc1cccc(NC(=O)CNC(=O)c2cc(-c3cccs3)nc3c2c(C)nn3C)c1. The number of aromatic nitrogens is 3. The zero-order chi connectivity index (χ0) is 22.0. The Morgan fingerprint density at radius 3 is 2.81 bits per heavy atom. The molecule has 3 aromatic heterocycles. The third-order valence-corrected chi connectivity index (χ3v) is 5.60. The molecule has 0 saturated heterocycles. The molecule has 0 radical (unpaired) electrons. The summed E-state index contributed by atoms with van der Waals surface area (Å²) >= 11 is 1.54. The molecule has 0 fully saturated rings. The minimum atomic E-state index is -0.367. The first kappa shape index (κ1) is 20.3. The summed E-state index contributed by atoms with van der Waals surface area (Å²) in [5.41, 5.74) is 3.66. The van der Waals surface area contributed by atoms with Crippen molar-refractivity contribution in [2.24, 2.45) is 7.05 Å². The zero-order valence-corrected chi connectivity index (χ0v) is 17.8. The number of benzene rings is 1. The Bertz CT molecular complexity index is 1330. The van der Waals surface area contributed by atoms with Gasteiger partial charge >= 0.3 is 0 Å². The highest BCUT2D eigenvalue weighted by molar-refractivity contribution is 7.13. The van der Waals surface area contributed by atoms with Gasteiger partial charge < -0.3 is 10.6 Å². The Morgan fingerprint density at radius 2 is 2.06 bits per heavy atom. The van der Waals surface area contributed by atoms with Gasteiger partial charge in [-0.1, -0.05) is 18.1 Å². The molecule has 3 heterocycles. The van der Waals surface area contributed by atoms with Gasteiger partial charge in [-0.25, -0.2) is 4.98 Å². The number of nitrogens with one attached hydrogen (secondary N) is 2. The monoisotopic (exact) mass is 429 g/mol. The molecule has 8 heteroatoms. The van der Waals surface area contributed by atoms with Crippen LogP contribution in [-0.4, -0.2) is 33.1 Å². The van der Waals surface area contributed by atoms with Crippen LogP contribution in [0.4, 0.5) is 5.69 Å². The van der Waals surface area contributed by atoms with Crippen molar-refractivity contribution < 1.29 is 9.59 Å². The molecule has 2 N–H and O–H groups in total. The molecule has 1 aromatic carbocycles. The van der Waals surface area contributed by atoms with E-state index in [0.717, 1.165) is 4.88 Å². The summed E-state index contributed by atoms with van der Waals surface area (Å²) in [6.07, 6.45) is 5.39. The topological polar surface area (TPSA) is 88.9 Å². The van der Waals surface area contributed by atoms with E-state index >= 15 is 0 Å². The number of terminal acetylenes is 1. The van der Waals surface area contributed by atoms with Gasteiger partial charge in [0.1, 0.15) is 0 Å². The van der Waals surface area contributed by atoms with Crippen LogP contribution in [0.5, 0.6) is 0 Å². The van der Waals surface area contributed by atoms with Crippen molar-refractivity contribution in [3.63, 3.8) is 0 Å². The lowest BCUT2D eigenvalue weighted by atomic mass is 10.1. The maximum absolute atomic E-state index is 13.0. The van der Waals surface area contributed by atoms with Crippen LogP contribution in [-0.2, 0) is 11.8 Å². The van der Waals surface area contributed by atoms with E-state index in [2.05, 4.69) is 26.6 Å². The standard InChI is InChI=1S/C23H19N5O2S/c1-4-15-7-5-8-16(11-15)25-20(29)13-24-23(30)17-12-18(19-9-6-10-31-19)26-22-21(17)14(2)27-28(22)3/h1,5-12H,13H2,2-3H3,(H,24,30)(H,25,29). The predicted molar refractivity (Wildman–Crippen MR) is 122 cm³/mol. The van der Waals surface area contributed by atoms with E-state index in [1.807, 2.05) is 24.4 Å². The Morgan fingerprint density at radius 1 is 1.23 bits per heavy atom. The van der Waals surface area contributed by atoms with Crippen molar-refractivity contribution in [1.29, 1.82) is 0 Å². The van der Waals surface area contributed by atoms with Gasteiger partial charge in [-0.3, -0.25) is 14.3 Å². The van der Waals surface area contributed by atoms with Crippen molar-refractivity contribution >= 4 is 39.9 Å². The van der Waals surface area contributed by atoms with Gasteiger partial charge in [-0.2, -0.15) is 5.10 Å². The van der Waals surface area contributed by atoms with Crippen molar-refractivity contribution in [3.05, 3.63) is 64.7 Å². The molecule has 0 saturated carbocycles. The highest BCUT2D eigenvalue weighted by atomic mass is 32.1. The maximum atomic E-state index is 13.0. The van der Waals surface area contributed by atoms with E-state index in [1.54, 1.807) is 42.1 Å². The summed E-state index contributed by atoms with van der Waals surface area (Å²) in [7, 11) is 1.79. The quantitative estimate of drug-likeness (QED) is 0.476. The van der Waals surface area contributed by atoms with Crippen LogP contribution in [0.1, 0.15) is 21.6 Å². The van der Waals surface area contributed by atoms with Gasteiger partial charge in [0.15, 0.2) is 5.65 Å². The van der Waals surface area contributed by atoms with E-state index in [1.165, 1.54) is 11.3 Å². The van der Waals surface area contributed by atoms with Crippen LogP contribution >= 0.6 is 11.3 Å². The third kappa shape index (κ3) is 4.17. The molecule has 7 nitrogen and oxygen atoms in total. The highest BCUT2D eigenvalue weighted by Gasteiger charge is 2.20. The number of carbonyl (C=O) groups excluding carboxylic acids is 2. The van der Waals surface area contributed by atoms with E-state index in [4.69, 9.17) is 6.42 Å². The van der Waals surface area contributed by atoms with Gasteiger partial charge in [-0.05, 0) is 42.6 Å². The summed E-state index contributed by atoms with van der Waals surface area (Å²) in [6, 6.07) is 12.6. The fourth-order valence-corrected chi connectivity index (χ4v) is 4.01. The summed E-state index contributed by atoms with van der Waals surface area (Å²) in [5.74, 6) is 1.80. The number of pyridine rings is 1. The fraction of sp³-hybridized carbons (Fsp3) is 0.130. The number of hydrogen-bond donors (Lipinski definition) is 2. The minimum absolute atomic E-state index is 0.184. The molecule has 31 heavy (non-hydrogen) atoms. The van der Waals surface area contributed by atoms with Gasteiger partial charge in [0.25, 0.3) is 5.91 Å². The molecular formula is C23H19N5O2S. The second kappa shape index (κ2) is 8.42. The number of thiophene rings is 1. The number of carbonyl (C=O) groups is 2. The fourth-order valence-electron chi connectivity index (χ4n) is 3.32. The van der Waals surface area contributed by atoms with Crippen LogP contribution < -0.4 is 10.6 Å². The largest absolute Gasteiger partial charge is 0.343 e. The number of rotatable bonds is 5. The Hall–Kier alpha value is -3.96. The Labute approximate surface area is 183 Å². The number of amides is 2. The average molecular weight is 430 g/mol. The number of anilines is 1. The number of aryl methyl sites for hydroxylation is 2. The Balaban J connectivity index is 1.57. The van der Waals surface area contributed by atoms with Gasteiger partial charge in [0.05, 0.1) is 33.8 Å². The molecule has 0 aliphatic carbocycles. The second-order valence-corrected chi connectivity index (χ2v) is 7.84. The molecule has 0 atom stereocenters. The van der Waals surface area contributed by atoms with E-state index in [0.29, 0.717) is 39.2 Å². The van der Waals surface area contributed by atoms with Gasteiger partial charge in [0.2, 0.25) is 5.91 Å². The molecule has 4 aromatic rings. The second-order valence-electron chi connectivity index (χ2n) is 6.90. The summed E-state index contributed by atoms with van der Waals surface area (Å²) in [4.78, 5) is 31.0. The molecule has 154 valence electrons. The Kier molecular flexibility index (Phi) is 5.52. The van der Waals surface area contributed by atoms with Crippen LogP contribution in [0.15, 0.2) is 47.8 Å². The first-order chi connectivity index (χ1) is 15.0. The van der Waals surface area contributed by atoms with Gasteiger partial charge in [-0.15, -0.1) is 17.8 Å². The maximum Gasteiger partial charge on any atom is 0.252 e. The van der Waals surface area contributed by atoms with E-state index in [9.17, 15) is 9.59 Å². The zero-order valence-electron chi connectivity index (χ0n) is 17.0. The van der Waals surface area contributed by atoms with E-state index < -0.39 is 0 Å². The normalized spacial score (nSPS) is 10.6. The minimum Gasteiger partial charge on any atom is -0.343 e. The molecular weight excluding hydrogens is 410 g/mol. The number of hydrogen-bond acceptors (Lipinski definition) is 5. The molecule has 4 rings (SSSR count). The molecule has 0 bridgehead atoms. The lowest BCUT2D eigenvalue weighted by Gasteiger charge is -2.09. The molecule has 0 spiro atoms. The van der Waals surface area contributed by atoms with Crippen LogP contribution in [0.2, 0.25) is 0 Å². The first-order valence-electron chi connectivity index (χ1n) is 9.49. The van der Waals surface area contributed by atoms with Crippen LogP contribution in [0.3, 0.4) is 0 Å². The summed E-state index contributed by atoms with van der Waals surface area (Å²) in [6.45, 7) is 1.65. The van der Waals surface area contributed by atoms with E-state index in [-0.39, 0.29) is 18.4 Å². The van der Waals surface area contributed by atoms with Crippen LogP contribution in [0, 0.1) is 19.3 Å². The average Bonchev–Trinajstić information content (AvgIpc) is 3.40. The van der Waals surface area contributed by atoms with Crippen molar-refractivity contribution in [3.8, 4) is 22.9 Å². The van der Waals surface area contributed by atoms with Crippen LogP contribution in [0.25, 0.3) is 21.6 Å². The lowest BCUT2D eigenvalue weighted by molar-refractivity contribution is -0.115. The molecule has 0 unspecified atom stereocenters. The van der Waals surface area contributed by atoms with Gasteiger partial charge in [0, 0.05) is 18.3 Å². The molecule has 0 aliphatic heterocycles. The highest BCUT2D eigenvalue weighted by Crippen LogP contribution is 2.29. The van der Waals surface area contributed by atoms with Crippen molar-refractivity contribution in [2.75, 3.05) is 11.9 Å². The predicted octanol–water partition coefficient (Wildman–Crippen LogP) is 3.36. The summed E-state index contributed by atoms with van der Waals surface area (Å²) < 4.78 is 1.66. The smallest absolute Gasteiger partial charge is 0.252 e. The van der Waals surface area contributed by atoms with Crippen molar-refractivity contribution in [2.45, 2.75) is 6.92 Å². The summed E-state index contributed by atoms with van der Waals surface area (Å²) in [5, 5.41) is 12.5. The number of fused-ring (bicyclic) bond motifs is 1. The number of nitrogens with zero attached hydrogens (tertiary/aromatic N) is 3.